The number of rotatable bonds is 2. The number of methoxy groups -OCH3 is 1. The Kier molecular flexibility index (Phi) is 1.97. The summed E-state index contributed by atoms with van der Waals surface area (Å²) < 4.78 is 5.14. The summed E-state index contributed by atoms with van der Waals surface area (Å²) in [6, 6.07) is 5.58. The molecule has 0 unspecified atom stereocenters. The van der Waals surface area contributed by atoms with Crippen LogP contribution in [0.15, 0.2) is 18.2 Å². The van der Waals surface area contributed by atoms with Crippen molar-refractivity contribution in [2.75, 3.05) is 12.8 Å². The molecule has 86 valence electrons. The summed E-state index contributed by atoms with van der Waals surface area (Å²) in [7, 11) is 1.62. The molecule has 17 heavy (non-hydrogen) atoms. The first kappa shape index (κ1) is 9.64. The maximum atomic E-state index is 5.44. The van der Waals surface area contributed by atoms with Crippen LogP contribution < -0.4 is 10.5 Å². The maximum absolute atomic E-state index is 5.44. The van der Waals surface area contributed by atoms with Crippen LogP contribution in [0.3, 0.4) is 0 Å². The lowest BCUT2D eigenvalue weighted by atomic mass is 10.3. The average Bonchev–Trinajstić information content (AvgIpc) is 2.93. The number of H-pyrrole nitrogens is 2. The van der Waals surface area contributed by atoms with Crippen LogP contribution in [-0.2, 0) is 0 Å². The van der Waals surface area contributed by atoms with E-state index in [1.165, 1.54) is 0 Å². The van der Waals surface area contributed by atoms with Crippen LogP contribution in [-0.4, -0.2) is 32.3 Å². The number of hydrogen-bond acceptors (Lipinski definition) is 5. The van der Waals surface area contributed by atoms with Crippen LogP contribution in [0.1, 0.15) is 0 Å². The standard InChI is InChI=1S/C10H10N6O/c1-17-5-2-3-6-7(4-5)13-8(12-6)9-14-10(11)16-15-9/h2-4H,1H3,(H,12,13)(H3,11,14,15,16). The van der Waals surface area contributed by atoms with Crippen molar-refractivity contribution in [3.8, 4) is 17.4 Å². The minimum absolute atomic E-state index is 0.193. The predicted molar refractivity (Wildman–Crippen MR) is 62.4 cm³/mol. The van der Waals surface area contributed by atoms with Crippen LogP contribution in [0.4, 0.5) is 5.95 Å². The summed E-state index contributed by atoms with van der Waals surface area (Å²) in [6.45, 7) is 0. The Bertz CT molecular complexity index is 670. The van der Waals surface area contributed by atoms with Crippen molar-refractivity contribution in [2.45, 2.75) is 0 Å². The average molecular weight is 230 g/mol. The number of benzene rings is 1. The topological polar surface area (TPSA) is 106 Å². The van der Waals surface area contributed by atoms with Crippen molar-refractivity contribution in [2.24, 2.45) is 0 Å². The van der Waals surface area contributed by atoms with E-state index in [-0.39, 0.29) is 5.95 Å². The molecule has 3 aromatic rings. The van der Waals surface area contributed by atoms with Crippen molar-refractivity contribution in [3.63, 3.8) is 0 Å². The van der Waals surface area contributed by atoms with E-state index in [9.17, 15) is 0 Å². The fourth-order valence-corrected chi connectivity index (χ4v) is 1.61. The Morgan fingerprint density at radius 1 is 1.24 bits per heavy atom. The third-order valence-electron chi connectivity index (χ3n) is 2.42. The lowest BCUT2D eigenvalue weighted by molar-refractivity contribution is 0.415. The zero-order valence-corrected chi connectivity index (χ0v) is 9.06. The van der Waals surface area contributed by atoms with Gasteiger partial charge >= 0.3 is 0 Å². The summed E-state index contributed by atoms with van der Waals surface area (Å²) in [4.78, 5) is 11.5. The van der Waals surface area contributed by atoms with E-state index < -0.39 is 0 Å². The molecule has 2 heterocycles. The van der Waals surface area contributed by atoms with Crippen LogP contribution in [0.25, 0.3) is 22.7 Å². The molecule has 1 aromatic carbocycles. The van der Waals surface area contributed by atoms with Crippen molar-refractivity contribution in [1.82, 2.24) is 25.1 Å². The van der Waals surface area contributed by atoms with E-state index in [1.54, 1.807) is 7.11 Å². The molecule has 0 bridgehead atoms. The van der Waals surface area contributed by atoms with Gasteiger partial charge in [0.1, 0.15) is 5.75 Å². The highest BCUT2D eigenvalue weighted by Gasteiger charge is 2.09. The third-order valence-corrected chi connectivity index (χ3v) is 2.42. The number of aromatic nitrogens is 5. The van der Waals surface area contributed by atoms with Gasteiger partial charge in [-0.25, -0.2) is 4.98 Å². The summed E-state index contributed by atoms with van der Waals surface area (Å²) >= 11 is 0. The second-order valence-corrected chi connectivity index (χ2v) is 3.51. The number of imidazole rings is 1. The van der Waals surface area contributed by atoms with Gasteiger partial charge in [-0.15, -0.1) is 5.10 Å². The molecule has 0 saturated heterocycles. The van der Waals surface area contributed by atoms with Crippen molar-refractivity contribution < 1.29 is 4.74 Å². The normalized spacial score (nSPS) is 10.9. The fourth-order valence-electron chi connectivity index (χ4n) is 1.61. The minimum Gasteiger partial charge on any atom is -0.497 e. The van der Waals surface area contributed by atoms with Crippen molar-refractivity contribution in [3.05, 3.63) is 18.2 Å². The second-order valence-electron chi connectivity index (χ2n) is 3.51. The number of nitrogens with one attached hydrogen (secondary N) is 2. The molecule has 0 radical (unpaired) electrons. The summed E-state index contributed by atoms with van der Waals surface area (Å²) in [6.07, 6.45) is 0. The molecule has 7 nitrogen and oxygen atoms in total. The minimum atomic E-state index is 0.193. The van der Waals surface area contributed by atoms with E-state index in [1.807, 2.05) is 18.2 Å². The first-order chi connectivity index (χ1) is 8.26. The first-order valence-corrected chi connectivity index (χ1v) is 4.98. The van der Waals surface area contributed by atoms with Crippen LogP contribution in [0, 0.1) is 0 Å². The Morgan fingerprint density at radius 2 is 2.12 bits per heavy atom. The Morgan fingerprint density at radius 3 is 2.82 bits per heavy atom. The van der Waals surface area contributed by atoms with Crippen LogP contribution in [0.2, 0.25) is 0 Å². The molecule has 0 atom stereocenters. The fraction of sp³-hybridized carbons (Fsp3) is 0.100. The van der Waals surface area contributed by atoms with Gasteiger partial charge in [-0.3, -0.25) is 5.10 Å². The SMILES string of the molecule is COc1ccc2nc(-c3nc(N)n[nH]3)[nH]c2c1. The third kappa shape index (κ3) is 1.57. The van der Waals surface area contributed by atoms with Crippen LogP contribution >= 0.6 is 0 Å². The molecule has 0 amide bonds. The van der Waals surface area contributed by atoms with Gasteiger partial charge < -0.3 is 15.5 Å². The molecule has 2 aromatic heterocycles. The van der Waals surface area contributed by atoms with Gasteiger partial charge in [0.2, 0.25) is 5.95 Å². The summed E-state index contributed by atoms with van der Waals surface area (Å²) in [5.41, 5.74) is 7.14. The van der Waals surface area contributed by atoms with Gasteiger partial charge in [0.15, 0.2) is 11.6 Å². The highest BCUT2D eigenvalue weighted by Crippen LogP contribution is 2.21. The van der Waals surface area contributed by atoms with E-state index >= 15 is 0 Å². The molecule has 0 saturated carbocycles. The molecule has 4 N–H and O–H groups in total. The van der Waals surface area contributed by atoms with Gasteiger partial charge in [0, 0.05) is 6.07 Å². The number of ether oxygens (including phenoxy) is 1. The second kappa shape index (κ2) is 3.48. The number of anilines is 1. The van der Waals surface area contributed by atoms with Gasteiger partial charge in [-0.1, -0.05) is 0 Å². The molecule has 0 aliphatic heterocycles. The van der Waals surface area contributed by atoms with Crippen molar-refractivity contribution >= 4 is 17.0 Å². The van der Waals surface area contributed by atoms with Gasteiger partial charge in [0.25, 0.3) is 0 Å². The number of nitrogens with two attached hydrogens (primary N) is 1. The lowest BCUT2D eigenvalue weighted by Crippen LogP contribution is -1.86. The van der Waals surface area contributed by atoms with E-state index in [2.05, 4.69) is 25.1 Å². The van der Waals surface area contributed by atoms with Crippen molar-refractivity contribution in [1.29, 1.82) is 0 Å². The number of nitrogens with zero attached hydrogens (tertiary/aromatic N) is 3. The quantitative estimate of drug-likeness (QED) is 0.607. The Hall–Kier alpha value is -2.57. The zero-order chi connectivity index (χ0) is 11.8. The smallest absolute Gasteiger partial charge is 0.239 e. The maximum Gasteiger partial charge on any atom is 0.239 e. The monoisotopic (exact) mass is 230 g/mol. The number of aromatic amines is 2. The molecule has 0 aliphatic carbocycles. The van der Waals surface area contributed by atoms with Gasteiger partial charge in [0.05, 0.1) is 18.1 Å². The van der Waals surface area contributed by atoms with E-state index in [4.69, 9.17) is 10.5 Å². The molecule has 0 aliphatic rings. The zero-order valence-electron chi connectivity index (χ0n) is 9.06. The van der Waals surface area contributed by atoms with Crippen LogP contribution in [0.5, 0.6) is 5.75 Å². The molecule has 0 fully saturated rings. The summed E-state index contributed by atoms with van der Waals surface area (Å²) in [5, 5.41) is 6.45. The molecule has 3 rings (SSSR count). The van der Waals surface area contributed by atoms with E-state index in [0.717, 1.165) is 16.8 Å². The highest BCUT2D eigenvalue weighted by molar-refractivity contribution is 5.79. The predicted octanol–water partition coefficient (Wildman–Crippen LogP) is 0.939. The van der Waals surface area contributed by atoms with E-state index in [0.29, 0.717) is 11.6 Å². The Balaban J connectivity index is 2.13. The highest BCUT2D eigenvalue weighted by atomic mass is 16.5. The molecular formula is C10H10N6O. The van der Waals surface area contributed by atoms with Gasteiger partial charge in [-0.2, -0.15) is 4.98 Å². The lowest BCUT2D eigenvalue weighted by Gasteiger charge is -1.96. The molecule has 0 spiro atoms. The largest absolute Gasteiger partial charge is 0.497 e. The van der Waals surface area contributed by atoms with Gasteiger partial charge in [-0.05, 0) is 12.1 Å². The number of fused-ring (bicyclic) bond motifs is 1. The first-order valence-electron chi connectivity index (χ1n) is 4.98. The summed E-state index contributed by atoms with van der Waals surface area (Å²) in [5.74, 6) is 2.07. The molecular weight excluding hydrogens is 220 g/mol. The molecule has 7 heteroatoms. The number of hydrogen-bond donors (Lipinski definition) is 3. The number of nitrogen functional groups attached to an aromatic ring is 1. The Labute approximate surface area is 96.0 Å².